The molecule has 1 rings (SSSR count). The van der Waals surface area contributed by atoms with Crippen LogP contribution < -0.4 is 9.12 Å². The van der Waals surface area contributed by atoms with Crippen molar-refractivity contribution < 1.29 is 9.05 Å². The van der Waals surface area contributed by atoms with Crippen molar-refractivity contribution in [2.45, 2.75) is 33.0 Å². The summed E-state index contributed by atoms with van der Waals surface area (Å²) in [6, 6.07) is 5.39. The van der Waals surface area contributed by atoms with Gasteiger partial charge in [-0.25, -0.2) is 0 Å². The van der Waals surface area contributed by atoms with Gasteiger partial charge in [-0.3, -0.25) is 0 Å². The third-order valence-corrected chi connectivity index (χ3v) is 12.7. The summed E-state index contributed by atoms with van der Waals surface area (Å²) in [5.41, 5.74) is 0. The average molecular weight is 335 g/mol. The molecule has 0 bridgehead atoms. The summed E-state index contributed by atoms with van der Waals surface area (Å²) in [7, 11) is -1.42. The van der Waals surface area contributed by atoms with E-state index in [4.69, 9.17) is 20.9 Å². The standard InChI is InChI=1S/C13H23O2PS2Si/c1-6-11-19(4,5)13-10-9-12(18-13)16(17,14-7-2)15-8-3/h6,9-10H,1,7-8,11H2,2-5H3. The highest BCUT2D eigenvalue weighted by atomic mass is 32.5. The van der Waals surface area contributed by atoms with Crippen LogP contribution in [0.5, 0.6) is 0 Å². The first-order valence-corrected chi connectivity index (χ1v) is 13.2. The van der Waals surface area contributed by atoms with Gasteiger partial charge < -0.3 is 9.05 Å². The smallest absolute Gasteiger partial charge is 0.229 e. The molecule has 1 aromatic rings. The molecule has 0 saturated heterocycles. The van der Waals surface area contributed by atoms with Gasteiger partial charge in [0, 0.05) is 0 Å². The van der Waals surface area contributed by atoms with Gasteiger partial charge in [-0.15, -0.1) is 17.9 Å². The Kier molecular flexibility index (Phi) is 6.64. The van der Waals surface area contributed by atoms with Gasteiger partial charge in [0.05, 0.1) is 25.9 Å². The second-order valence-corrected chi connectivity index (χ2v) is 14.7. The third kappa shape index (κ3) is 4.35. The number of hydrogen-bond donors (Lipinski definition) is 0. The minimum absolute atomic E-state index is 0.595. The van der Waals surface area contributed by atoms with Crippen molar-refractivity contribution in [3.8, 4) is 0 Å². The molecule has 0 aliphatic carbocycles. The van der Waals surface area contributed by atoms with Gasteiger partial charge >= 0.3 is 0 Å². The first-order chi connectivity index (χ1) is 8.89. The number of hydrogen-bond acceptors (Lipinski definition) is 4. The van der Waals surface area contributed by atoms with Crippen LogP contribution >= 0.6 is 17.8 Å². The summed E-state index contributed by atoms with van der Waals surface area (Å²) in [5, 5.41) is 0. The van der Waals surface area contributed by atoms with Crippen LogP contribution in [0.4, 0.5) is 0 Å². The summed E-state index contributed by atoms with van der Waals surface area (Å²) in [5.74, 6) is 0. The molecule has 0 radical (unpaired) electrons. The molecule has 0 atom stereocenters. The van der Waals surface area contributed by atoms with Gasteiger partial charge in [0.2, 0.25) is 6.49 Å². The maximum atomic E-state index is 5.75. The van der Waals surface area contributed by atoms with Crippen molar-refractivity contribution in [2.24, 2.45) is 0 Å². The zero-order valence-corrected chi connectivity index (χ0v) is 15.7. The zero-order valence-electron chi connectivity index (χ0n) is 12.1. The largest absolute Gasteiger partial charge is 0.326 e. The molecule has 0 fully saturated rings. The molecule has 19 heavy (non-hydrogen) atoms. The lowest BCUT2D eigenvalue weighted by Gasteiger charge is -2.21. The van der Waals surface area contributed by atoms with E-state index in [1.807, 2.05) is 19.9 Å². The Morgan fingerprint density at radius 1 is 1.32 bits per heavy atom. The van der Waals surface area contributed by atoms with Crippen LogP contribution in [-0.2, 0) is 20.9 Å². The number of allylic oxidation sites excluding steroid dienone is 1. The van der Waals surface area contributed by atoms with Crippen LogP contribution in [0.1, 0.15) is 13.8 Å². The summed E-state index contributed by atoms with van der Waals surface area (Å²) in [4.78, 5) is 0. The van der Waals surface area contributed by atoms with Gasteiger partial charge in [-0.1, -0.05) is 25.2 Å². The van der Waals surface area contributed by atoms with Crippen molar-refractivity contribution in [3.05, 3.63) is 24.8 Å². The second-order valence-electron chi connectivity index (χ2n) is 4.85. The fraction of sp³-hybridized carbons (Fsp3) is 0.538. The molecule has 0 spiro atoms. The number of thiophene rings is 1. The molecule has 0 aliphatic heterocycles. The van der Waals surface area contributed by atoms with Crippen LogP contribution in [0.3, 0.4) is 0 Å². The van der Waals surface area contributed by atoms with Crippen molar-refractivity contribution in [1.82, 2.24) is 0 Å². The van der Waals surface area contributed by atoms with E-state index in [9.17, 15) is 0 Å². The molecule has 2 nitrogen and oxygen atoms in total. The zero-order chi connectivity index (χ0) is 14.5. The maximum absolute atomic E-state index is 5.75. The summed E-state index contributed by atoms with van der Waals surface area (Å²) in [6.45, 7) is 11.4. The predicted octanol–water partition coefficient (Wildman–Crippen LogP) is 3.86. The van der Waals surface area contributed by atoms with E-state index in [1.165, 1.54) is 4.50 Å². The molecule has 0 aliphatic rings. The van der Waals surface area contributed by atoms with Crippen LogP contribution in [0, 0.1) is 0 Å². The summed E-state index contributed by atoms with van der Waals surface area (Å²) < 4.78 is 14.0. The molecule has 0 N–H and O–H groups in total. The highest BCUT2D eigenvalue weighted by molar-refractivity contribution is 8.15. The Labute approximate surface area is 127 Å². The molecule has 0 amide bonds. The summed E-state index contributed by atoms with van der Waals surface area (Å²) in [6.07, 6.45) is 2.02. The first kappa shape index (κ1) is 17.3. The van der Waals surface area contributed by atoms with E-state index >= 15 is 0 Å². The topological polar surface area (TPSA) is 18.5 Å². The first-order valence-electron chi connectivity index (χ1n) is 6.50. The summed E-state index contributed by atoms with van der Waals surface area (Å²) >= 11 is 7.42. The van der Waals surface area contributed by atoms with Crippen LogP contribution in [0.2, 0.25) is 19.1 Å². The van der Waals surface area contributed by atoms with Crippen molar-refractivity contribution in [2.75, 3.05) is 13.2 Å². The molecule has 0 aromatic carbocycles. The lowest BCUT2D eigenvalue weighted by Crippen LogP contribution is -2.38. The monoisotopic (exact) mass is 334 g/mol. The van der Waals surface area contributed by atoms with E-state index in [2.05, 4.69) is 31.8 Å². The van der Waals surface area contributed by atoms with Gasteiger partial charge in [-0.2, -0.15) is 0 Å². The fourth-order valence-corrected chi connectivity index (χ4v) is 9.18. The molecule has 1 heterocycles. The van der Waals surface area contributed by atoms with E-state index in [0.29, 0.717) is 13.2 Å². The van der Waals surface area contributed by atoms with Gasteiger partial charge in [-0.05, 0) is 42.3 Å². The van der Waals surface area contributed by atoms with Crippen LogP contribution in [0.15, 0.2) is 24.8 Å². The Morgan fingerprint density at radius 2 is 1.89 bits per heavy atom. The number of rotatable bonds is 8. The molecule has 108 valence electrons. The van der Waals surface area contributed by atoms with E-state index in [-0.39, 0.29) is 0 Å². The van der Waals surface area contributed by atoms with Gasteiger partial charge in [0.1, 0.15) is 0 Å². The quantitative estimate of drug-likeness (QED) is 0.409. The van der Waals surface area contributed by atoms with Crippen molar-refractivity contribution in [1.29, 1.82) is 0 Å². The van der Waals surface area contributed by atoms with Crippen molar-refractivity contribution >= 4 is 46.8 Å². The Bertz CT molecular complexity index is 461. The highest BCUT2D eigenvalue weighted by Gasteiger charge is 2.28. The lowest BCUT2D eigenvalue weighted by atomic mass is 10.7. The van der Waals surface area contributed by atoms with Gasteiger partial charge in [0.15, 0.2) is 0 Å². The average Bonchev–Trinajstić information content (AvgIpc) is 2.80. The Morgan fingerprint density at radius 3 is 2.37 bits per heavy atom. The second kappa shape index (κ2) is 7.30. The van der Waals surface area contributed by atoms with E-state index in [1.54, 1.807) is 11.3 Å². The van der Waals surface area contributed by atoms with E-state index < -0.39 is 14.6 Å². The normalized spacial score (nSPS) is 12.6. The third-order valence-electron chi connectivity index (χ3n) is 2.78. The fourth-order valence-electron chi connectivity index (χ4n) is 1.80. The predicted molar refractivity (Wildman–Crippen MR) is 93.6 cm³/mol. The highest BCUT2D eigenvalue weighted by Crippen LogP contribution is 2.48. The maximum Gasteiger partial charge on any atom is 0.229 e. The molecule has 0 saturated carbocycles. The molecule has 0 unspecified atom stereocenters. The van der Waals surface area contributed by atoms with Crippen LogP contribution in [0.25, 0.3) is 0 Å². The Balaban J connectivity index is 3.06. The molecule has 6 heteroatoms. The van der Waals surface area contributed by atoms with Gasteiger partial charge in [0.25, 0.3) is 0 Å². The Hall–Kier alpha value is 0.227. The minimum atomic E-state index is -2.29. The lowest BCUT2D eigenvalue weighted by molar-refractivity contribution is 0.275. The van der Waals surface area contributed by atoms with E-state index in [0.717, 1.165) is 10.7 Å². The van der Waals surface area contributed by atoms with Crippen molar-refractivity contribution in [3.63, 3.8) is 0 Å². The molecular weight excluding hydrogens is 311 g/mol. The minimum Gasteiger partial charge on any atom is -0.326 e. The molecular formula is C13H23O2PS2Si. The van der Waals surface area contributed by atoms with Crippen LogP contribution in [-0.4, -0.2) is 21.3 Å². The SMILES string of the molecule is C=CC[Si](C)(C)c1ccc(P(=S)(OCC)OCC)s1. The molecule has 1 aromatic heterocycles.